The van der Waals surface area contributed by atoms with Crippen molar-refractivity contribution < 1.29 is 22.4 Å². The van der Waals surface area contributed by atoms with Gasteiger partial charge in [-0.1, -0.05) is 30.3 Å². The van der Waals surface area contributed by atoms with E-state index in [0.29, 0.717) is 36.5 Å². The molecule has 7 rings (SSSR count). The number of halogens is 3. The molecule has 1 aliphatic carbocycles. The Morgan fingerprint density at radius 2 is 1.69 bits per heavy atom. The van der Waals surface area contributed by atoms with E-state index < -0.39 is 11.7 Å². The largest absolute Gasteiger partial charge is 0.464 e. The molecule has 1 amide bonds. The second kappa shape index (κ2) is 9.00. The lowest BCUT2D eigenvalue weighted by Gasteiger charge is -2.18. The molecular weight excluding hydrogens is 503 g/mol. The molecule has 2 aliphatic rings. The molecule has 0 unspecified atom stereocenters. The molecule has 3 aromatic carbocycles. The Morgan fingerprint density at radius 3 is 2.46 bits per heavy atom. The molecule has 1 atom stereocenters. The van der Waals surface area contributed by atoms with E-state index in [4.69, 9.17) is 9.40 Å². The highest BCUT2D eigenvalue weighted by Crippen LogP contribution is 2.36. The molecular formula is C31H26F3N3O2. The van der Waals surface area contributed by atoms with Crippen LogP contribution in [0, 0.1) is 11.8 Å². The monoisotopic (exact) mass is 529 g/mol. The van der Waals surface area contributed by atoms with Crippen molar-refractivity contribution in [3.8, 4) is 22.5 Å². The SMILES string of the molecule is O=C(C1CC1)N1CC[C@@H](Cn2c(-c3ccc(-c4ccc5occc5c4)cc3)nc3ccc(C(F)(F)F)cc32)C1. The normalized spacial score (nSPS) is 17.9. The summed E-state index contributed by atoms with van der Waals surface area (Å²) in [5.74, 6) is 1.17. The Bertz CT molecular complexity index is 1700. The first-order chi connectivity index (χ1) is 18.8. The number of amides is 1. The second-order valence-corrected chi connectivity index (χ2v) is 10.7. The smallest absolute Gasteiger partial charge is 0.416 e. The number of fused-ring (bicyclic) bond motifs is 2. The van der Waals surface area contributed by atoms with Crippen molar-refractivity contribution >= 4 is 27.9 Å². The fourth-order valence-electron chi connectivity index (χ4n) is 5.69. The van der Waals surface area contributed by atoms with Crippen LogP contribution in [0.4, 0.5) is 13.2 Å². The van der Waals surface area contributed by atoms with Gasteiger partial charge in [0.05, 0.1) is 22.9 Å². The van der Waals surface area contributed by atoms with Crippen molar-refractivity contribution in [2.75, 3.05) is 13.1 Å². The van der Waals surface area contributed by atoms with Crippen LogP contribution in [0.2, 0.25) is 0 Å². The highest BCUT2D eigenvalue weighted by Gasteiger charge is 2.37. The minimum atomic E-state index is -4.44. The van der Waals surface area contributed by atoms with Crippen LogP contribution in [0.1, 0.15) is 24.8 Å². The summed E-state index contributed by atoms with van der Waals surface area (Å²) in [6.07, 6.45) is -0.0312. The molecule has 0 radical (unpaired) electrons. The van der Waals surface area contributed by atoms with Crippen molar-refractivity contribution in [1.82, 2.24) is 14.5 Å². The third-order valence-electron chi connectivity index (χ3n) is 7.97. The zero-order valence-electron chi connectivity index (χ0n) is 21.1. The fourth-order valence-corrected chi connectivity index (χ4v) is 5.69. The van der Waals surface area contributed by atoms with Gasteiger partial charge < -0.3 is 13.9 Å². The number of benzene rings is 3. The molecule has 2 aromatic heterocycles. The third kappa shape index (κ3) is 4.47. The molecule has 0 N–H and O–H groups in total. The van der Waals surface area contributed by atoms with Gasteiger partial charge in [0.1, 0.15) is 11.4 Å². The Morgan fingerprint density at radius 1 is 0.923 bits per heavy atom. The summed E-state index contributed by atoms with van der Waals surface area (Å²) in [6.45, 7) is 1.83. The van der Waals surface area contributed by atoms with Crippen molar-refractivity contribution in [3.63, 3.8) is 0 Å². The first-order valence-electron chi connectivity index (χ1n) is 13.3. The molecule has 5 nitrogen and oxygen atoms in total. The van der Waals surface area contributed by atoms with Gasteiger partial charge in [0, 0.05) is 36.5 Å². The summed E-state index contributed by atoms with van der Waals surface area (Å²) in [6, 6.07) is 19.6. The van der Waals surface area contributed by atoms with E-state index in [-0.39, 0.29) is 17.7 Å². The number of aromatic nitrogens is 2. The van der Waals surface area contributed by atoms with Crippen LogP contribution in [0.15, 0.2) is 77.4 Å². The maximum absolute atomic E-state index is 13.6. The standard InChI is InChI=1S/C31H26F3N3O2/c32-31(33,34)25-8-9-26-27(16-25)37(18-19-11-13-36(17-19)30(38)22-5-6-22)29(35-26)21-3-1-20(2-4-21)23-7-10-28-24(15-23)12-14-39-28/h1-4,7-10,12,14-16,19,22H,5-6,11,13,17-18H2/t19-/m1/s1. The minimum Gasteiger partial charge on any atom is -0.464 e. The Hall–Kier alpha value is -4.07. The third-order valence-corrected chi connectivity index (χ3v) is 7.97. The van der Waals surface area contributed by atoms with Crippen LogP contribution in [0.25, 0.3) is 44.5 Å². The molecule has 39 heavy (non-hydrogen) atoms. The maximum Gasteiger partial charge on any atom is 0.416 e. The van der Waals surface area contributed by atoms with Gasteiger partial charge in [0.15, 0.2) is 0 Å². The van der Waals surface area contributed by atoms with Gasteiger partial charge in [-0.05, 0) is 72.7 Å². The Balaban J connectivity index is 1.24. The predicted octanol–water partition coefficient (Wildman–Crippen LogP) is 7.39. The molecule has 1 saturated carbocycles. The van der Waals surface area contributed by atoms with E-state index in [9.17, 15) is 18.0 Å². The van der Waals surface area contributed by atoms with Gasteiger partial charge in [0.2, 0.25) is 5.91 Å². The molecule has 1 aliphatic heterocycles. The van der Waals surface area contributed by atoms with Crippen molar-refractivity contribution in [2.24, 2.45) is 11.8 Å². The first kappa shape index (κ1) is 24.0. The lowest BCUT2D eigenvalue weighted by atomic mass is 10.0. The lowest BCUT2D eigenvalue weighted by Crippen LogP contribution is -2.30. The Kier molecular flexibility index (Phi) is 5.54. The fraction of sp³-hybridized carbons (Fsp3) is 0.290. The summed E-state index contributed by atoms with van der Waals surface area (Å²) in [4.78, 5) is 19.3. The van der Waals surface area contributed by atoms with Crippen molar-refractivity contribution in [1.29, 1.82) is 0 Å². The molecule has 0 bridgehead atoms. The average Bonchev–Trinajstić information content (AvgIpc) is 3.33. The molecule has 5 aromatic rings. The first-order valence-corrected chi connectivity index (χ1v) is 13.3. The summed E-state index contributed by atoms with van der Waals surface area (Å²) in [5, 5.41) is 1.02. The van der Waals surface area contributed by atoms with Crippen LogP contribution < -0.4 is 0 Å². The number of likely N-dealkylation sites (tertiary alicyclic amines) is 1. The molecule has 1 saturated heterocycles. The van der Waals surface area contributed by atoms with Gasteiger partial charge in [0.25, 0.3) is 0 Å². The van der Waals surface area contributed by atoms with E-state index in [0.717, 1.165) is 53.0 Å². The zero-order chi connectivity index (χ0) is 26.7. The van der Waals surface area contributed by atoms with Gasteiger partial charge in [-0.15, -0.1) is 0 Å². The summed E-state index contributed by atoms with van der Waals surface area (Å²) >= 11 is 0. The van der Waals surface area contributed by atoms with Crippen LogP contribution in [0.3, 0.4) is 0 Å². The predicted molar refractivity (Wildman–Crippen MR) is 143 cm³/mol. The van der Waals surface area contributed by atoms with E-state index in [1.54, 1.807) is 6.26 Å². The highest BCUT2D eigenvalue weighted by molar-refractivity contribution is 5.85. The van der Waals surface area contributed by atoms with Gasteiger partial charge in [-0.2, -0.15) is 13.2 Å². The number of furan rings is 1. The number of rotatable bonds is 5. The molecule has 8 heteroatoms. The number of carbonyl (C=O) groups excluding carboxylic acids is 1. The van der Waals surface area contributed by atoms with Crippen LogP contribution in [-0.4, -0.2) is 33.4 Å². The van der Waals surface area contributed by atoms with Gasteiger partial charge in [-0.25, -0.2) is 4.98 Å². The van der Waals surface area contributed by atoms with Gasteiger partial charge in [-0.3, -0.25) is 4.79 Å². The summed E-state index contributed by atoms with van der Waals surface area (Å²) in [5.41, 5.74) is 4.02. The van der Waals surface area contributed by atoms with Crippen LogP contribution in [0.5, 0.6) is 0 Å². The maximum atomic E-state index is 13.6. The van der Waals surface area contributed by atoms with Crippen LogP contribution >= 0.6 is 0 Å². The van der Waals surface area contributed by atoms with E-state index in [1.165, 1.54) is 12.1 Å². The van der Waals surface area contributed by atoms with E-state index in [2.05, 4.69) is 6.07 Å². The number of hydrogen-bond acceptors (Lipinski definition) is 3. The van der Waals surface area contributed by atoms with Crippen molar-refractivity contribution in [2.45, 2.75) is 32.0 Å². The number of hydrogen-bond donors (Lipinski definition) is 0. The number of nitrogens with zero attached hydrogens (tertiary/aromatic N) is 3. The quantitative estimate of drug-likeness (QED) is 0.239. The lowest BCUT2D eigenvalue weighted by molar-refractivity contribution is -0.137. The molecule has 198 valence electrons. The second-order valence-electron chi connectivity index (χ2n) is 10.7. The van der Waals surface area contributed by atoms with Gasteiger partial charge >= 0.3 is 6.18 Å². The minimum absolute atomic E-state index is 0.152. The molecule has 0 spiro atoms. The molecule has 2 fully saturated rings. The highest BCUT2D eigenvalue weighted by atomic mass is 19.4. The number of alkyl halides is 3. The van der Waals surface area contributed by atoms with Crippen LogP contribution in [-0.2, 0) is 17.5 Å². The Labute approximate surface area is 222 Å². The zero-order valence-corrected chi connectivity index (χ0v) is 21.1. The topological polar surface area (TPSA) is 51.3 Å². The number of imidazole rings is 1. The summed E-state index contributed by atoms with van der Waals surface area (Å²) < 4.78 is 48.2. The van der Waals surface area contributed by atoms with Crippen molar-refractivity contribution in [3.05, 3.63) is 78.6 Å². The van der Waals surface area contributed by atoms with E-state index >= 15 is 0 Å². The number of carbonyl (C=O) groups is 1. The van der Waals surface area contributed by atoms with E-state index in [1.807, 2.05) is 51.9 Å². The summed E-state index contributed by atoms with van der Waals surface area (Å²) in [7, 11) is 0. The average molecular weight is 530 g/mol. The molecule has 3 heterocycles.